The van der Waals surface area contributed by atoms with E-state index in [0.717, 1.165) is 53.8 Å². The standard InChI is InChI=1S/C31H32FN7O3/c32-22-11-13-34-25(16-22)37-31(41)20-9-7-19(8-10-20)28-27-29-21(18-35-30(27)33)4-1-2-14-42-15-12-26(40)36-23-5-3-6-24(17-23)39(29)38-28/h1,4,7-11,13,16,18,23-24H,2-3,5-6,12,14-15,17H2,(H2,33,35)(H,36,40)(H,34,37,41)/t23-,24-/m1/s1. The van der Waals surface area contributed by atoms with Gasteiger partial charge in [0.25, 0.3) is 5.91 Å². The normalized spacial score (nSPS) is 19.5. The molecule has 4 heterocycles. The number of carbonyl (C=O) groups is 2. The highest BCUT2D eigenvalue weighted by molar-refractivity contribution is 6.06. The summed E-state index contributed by atoms with van der Waals surface area (Å²) >= 11 is 0. The van der Waals surface area contributed by atoms with Crippen LogP contribution in [0.1, 0.15) is 60.5 Å². The smallest absolute Gasteiger partial charge is 0.256 e. The molecule has 1 fully saturated rings. The lowest BCUT2D eigenvalue weighted by Crippen LogP contribution is -2.39. The highest BCUT2D eigenvalue weighted by atomic mass is 19.1. The number of nitrogen functional groups attached to an aromatic ring is 1. The highest BCUT2D eigenvalue weighted by Gasteiger charge is 2.29. The van der Waals surface area contributed by atoms with Gasteiger partial charge in [-0.2, -0.15) is 5.10 Å². The largest absolute Gasteiger partial charge is 0.383 e. The molecule has 0 unspecified atom stereocenters. The Morgan fingerprint density at radius 1 is 1.14 bits per heavy atom. The molecule has 11 heteroatoms. The first-order valence-electron chi connectivity index (χ1n) is 14.2. The first kappa shape index (κ1) is 27.5. The average Bonchev–Trinajstić information content (AvgIpc) is 3.39. The van der Waals surface area contributed by atoms with Crippen molar-refractivity contribution in [2.45, 2.75) is 50.6 Å². The molecular formula is C31H32FN7O3. The number of amides is 2. The van der Waals surface area contributed by atoms with E-state index in [1.807, 2.05) is 29.0 Å². The predicted octanol–water partition coefficient (Wildman–Crippen LogP) is 4.89. The van der Waals surface area contributed by atoms with Crippen LogP contribution in [0.25, 0.3) is 28.2 Å². The van der Waals surface area contributed by atoms with Crippen LogP contribution in [0.5, 0.6) is 0 Å². The molecule has 2 atom stereocenters. The summed E-state index contributed by atoms with van der Waals surface area (Å²) in [6.45, 7) is 0.914. The number of pyridine rings is 2. The summed E-state index contributed by atoms with van der Waals surface area (Å²) < 4.78 is 21.2. The van der Waals surface area contributed by atoms with Crippen LogP contribution < -0.4 is 16.4 Å². The fourth-order valence-electron chi connectivity index (χ4n) is 5.69. The second kappa shape index (κ2) is 12.1. The fourth-order valence-corrected chi connectivity index (χ4v) is 5.69. The molecule has 2 amide bonds. The van der Waals surface area contributed by atoms with Gasteiger partial charge in [0, 0.05) is 47.6 Å². The summed E-state index contributed by atoms with van der Waals surface area (Å²) in [4.78, 5) is 33.8. The molecule has 0 saturated heterocycles. The molecule has 1 saturated carbocycles. The van der Waals surface area contributed by atoms with E-state index in [4.69, 9.17) is 15.6 Å². The van der Waals surface area contributed by atoms with Gasteiger partial charge < -0.3 is 21.1 Å². The van der Waals surface area contributed by atoms with E-state index in [1.165, 1.54) is 12.3 Å². The van der Waals surface area contributed by atoms with E-state index >= 15 is 0 Å². The summed E-state index contributed by atoms with van der Waals surface area (Å²) in [5.74, 6) is -0.390. The zero-order valence-corrected chi connectivity index (χ0v) is 23.1. The van der Waals surface area contributed by atoms with Gasteiger partial charge in [0.1, 0.15) is 23.1 Å². The number of nitrogens with one attached hydrogen (secondary N) is 2. The second-order valence-corrected chi connectivity index (χ2v) is 10.6. The summed E-state index contributed by atoms with van der Waals surface area (Å²) in [7, 11) is 0. The third kappa shape index (κ3) is 5.87. The number of anilines is 2. The number of nitrogens with zero attached hydrogens (tertiary/aromatic N) is 4. The minimum absolute atomic E-state index is 0.00326. The Hall–Kier alpha value is -4.64. The van der Waals surface area contributed by atoms with E-state index in [-0.39, 0.29) is 23.8 Å². The molecular weight excluding hydrogens is 537 g/mol. The monoisotopic (exact) mass is 569 g/mol. The lowest BCUT2D eigenvalue weighted by atomic mass is 9.90. The number of halogens is 1. The van der Waals surface area contributed by atoms with Gasteiger partial charge in [-0.25, -0.2) is 14.4 Å². The summed E-state index contributed by atoms with van der Waals surface area (Å²) in [6, 6.07) is 9.48. The number of hydrogen-bond acceptors (Lipinski definition) is 7. The molecule has 10 nitrogen and oxygen atoms in total. The number of rotatable bonds is 3. The molecule has 42 heavy (non-hydrogen) atoms. The SMILES string of the molecule is Nc1ncc2c3c1c(-c1ccc(C(=O)Nc4cc(F)ccn4)cc1)nn3[C@@H]1CCC[C@H](C1)NC(=O)CCOCCC=C2. The maximum atomic E-state index is 13.5. The van der Waals surface area contributed by atoms with Gasteiger partial charge in [0.05, 0.1) is 30.2 Å². The van der Waals surface area contributed by atoms with Crippen LogP contribution in [0, 0.1) is 5.82 Å². The van der Waals surface area contributed by atoms with Crippen molar-refractivity contribution < 1.29 is 18.7 Å². The summed E-state index contributed by atoms with van der Waals surface area (Å²) in [5, 5.41) is 11.6. The molecule has 0 radical (unpaired) electrons. The molecule has 4 aromatic rings. The number of carbonyl (C=O) groups excluding carboxylic acids is 2. The topological polar surface area (TPSA) is 137 Å². The molecule has 6 rings (SSSR count). The third-order valence-corrected chi connectivity index (χ3v) is 7.72. The first-order chi connectivity index (χ1) is 20.5. The lowest BCUT2D eigenvalue weighted by molar-refractivity contribution is -0.123. The van der Waals surface area contributed by atoms with E-state index in [0.29, 0.717) is 43.1 Å². The highest BCUT2D eigenvalue weighted by Crippen LogP contribution is 2.39. The van der Waals surface area contributed by atoms with Crippen molar-refractivity contribution in [1.29, 1.82) is 0 Å². The molecule has 2 bridgehead atoms. The van der Waals surface area contributed by atoms with Crippen molar-refractivity contribution in [3.63, 3.8) is 0 Å². The fraction of sp³-hybridized carbons (Fsp3) is 0.323. The number of hydrogen-bond donors (Lipinski definition) is 3. The van der Waals surface area contributed by atoms with Crippen molar-refractivity contribution in [2.75, 3.05) is 24.3 Å². The molecule has 0 spiro atoms. The summed E-state index contributed by atoms with van der Waals surface area (Å²) in [6.07, 6.45) is 11.7. The van der Waals surface area contributed by atoms with Gasteiger partial charge in [-0.05, 0) is 50.3 Å². The molecule has 2 aliphatic rings. The van der Waals surface area contributed by atoms with E-state index in [2.05, 4.69) is 20.6 Å². The van der Waals surface area contributed by atoms with Crippen molar-refractivity contribution in [1.82, 2.24) is 25.1 Å². The molecule has 3 aromatic heterocycles. The van der Waals surface area contributed by atoms with Crippen LogP contribution in [-0.4, -0.2) is 50.8 Å². The lowest BCUT2D eigenvalue weighted by Gasteiger charge is -2.30. The quantitative estimate of drug-likeness (QED) is 0.319. The van der Waals surface area contributed by atoms with Crippen molar-refractivity contribution in [3.05, 3.63) is 71.8 Å². The Kier molecular flexibility index (Phi) is 7.91. The van der Waals surface area contributed by atoms with Crippen LogP contribution >= 0.6 is 0 Å². The van der Waals surface area contributed by atoms with Gasteiger partial charge >= 0.3 is 0 Å². The van der Waals surface area contributed by atoms with Crippen LogP contribution in [0.4, 0.5) is 16.0 Å². The molecule has 1 aliphatic carbocycles. The Labute approximate surface area is 242 Å². The van der Waals surface area contributed by atoms with Crippen LogP contribution in [0.15, 0.2) is 54.9 Å². The number of ether oxygens (including phenoxy) is 1. The van der Waals surface area contributed by atoms with Gasteiger partial charge in [-0.3, -0.25) is 14.3 Å². The molecule has 216 valence electrons. The first-order valence-corrected chi connectivity index (χ1v) is 14.2. The average molecular weight is 570 g/mol. The minimum Gasteiger partial charge on any atom is -0.383 e. The zero-order valence-electron chi connectivity index (χ0n) is 23.1. The van der Waals surface area contributed by atoms with E-state index in [1.54, 1.807) is 18.3 Å². The summed E-state index contributed by atoms with van der Waals surface area (Å²) in [5.41, 5.74) is 10.1. The second-order valence-electron chi connectivity index (χ2n) is 10.6. The molecule has 4 N–H and O–H groups in total. The number of benzene rings is 1. The van der Waals surface area contributed by atoms with Crippen molar-refractivity contribution >= 4 is 40.4 Å². The number of aromatic nitrogens is 4. The van der Waals surface area contributed by atoms with Crippen LogP contribution in [0.2, 0.25) is 0 Å². The van der Waals surface area contributed by atoms with Gasteiger partial charge in [0.15, 0.2) is 0 Å². The molecule has 1 aliphatic heterocycles. The van der Waals surface area contributed by atoms with E-state index in [9.17, 15) is 14.0 Å². The number of fused-ring (bicyclic) bond motifs is 3. The van der Waals surface area contributed by atoms with Crippen LogP contribution in [-0.2, 0) is 9.53 Å². The van der Waals surface area contributed by atoms with Gasteiger partial charge in [-0.1, -0.05) is 24.3 Å². The van der Waals surface area contributed by atoms with Gasteiger partial charge in [-0.15, -0.1) is 0 Å². The maximum Gasteiger partial charge on any atom is 0.256 e. The van der Waals surface area contributed by atoms with E-state index < -0.39 is 11.7 Å². The Bertz CT molecular complexity index is 1650. The minimum atomic E-state index is -0.484. The Morgan fingerprint density at radius 3 is 2.83 bits per heavy atom. The predicted molar refractivity (Wildman–Crippen MR) is 158 cm³/mol. The van der Waals surface area contributed by atoms with Crippen molar-refractivity contribution in [3.8, 4) is 11.3 Å². The Balaban J connectivity index is 1.38. The van der Waals surface area contributed by atoms with Crippen LogP contribution in [0.3, 0.4) is 0 Å². The zero-order chi connectivity index (χ0) is 29.1. The Morgan fingerprint density at radius 2 is 2.00 bits per heavy atom. The number of nitrogens with two attached hydrogens (primary N) is 1. The third-order valence-electron chi connectivity index (χ3n) is 7.72. The van der Waals surface area contributed by atoms with Gasteiger partial charge in [0.2, 0.25) is 5.91 Å². The molecule has 1 aromatic carbocycles. The van der Waals surface area contributed by atoms with Crippen molar-refractivity contribution in [2.24, 2.45) is 0 Å². The maximum absolute atomic E-state index is 13.5.